The Labute approximate surface area is 153 Å². The van der Waals surface area contributed by atoms with Crippen molar-refractivity contribution in [1.82, 2.24) is 0 Å². The fourth-order valence-corrected chi connectivity index (χ4v) is 6.03. The van der Waals surface area contributed by atoms with Crippen molar-refractivity contribution in [2.75, 3.05) is 4.90 Å². The second-order valence-electron chi connectivity index (χ2n) is 8.55. The standard InChI is InChI=1S/C24H31N/c1-16-13-18(3)23(19(4)14-16)25-20(5)24(12-8-10-21(25)15-24)22-11-7-6-9-17(22)2/h6-7,9,11,13-14,20-21H,8,10,12,15H2,1-5H3/t20-,21?,24?/m1/s1. The molecule has 2 aliphatic rings. The van der Waals surface area contributed by atoms with E-state index in [-0.39, 0.29) is 0 Å². The van der Waals surface area contributed by atoms with E-state index >= 15 is 0 Å². The maximum Gasteiger partial charge on any atom is 0.0431 e. The van der Waals surface area contributed by atoms with E-state index in [0.29, 0.717) is 17.5 Å². The molecular formula is C24H31N. The van der Waals surface area contributed by atoms with E-state index in [0.717, 1.165) is 0 Å². The lowest BCUT2D eigenvalue weighted by atomic mass is 9.66. The van der Waals surface area contributed by atoms with Crippen LogP contribution in [0.3, 0.4) is 0 Å². The third-order valence-corrected chi connectivity index (χ3v) is 6.95. The van der Waals surface area contributed by atoms with Crippen molar-refractivity contribution in [2.45, 2.75) is 77.8 Å². The number of hydrogen-bond acceptors (Lipinski definition) is 1. The first-order valence-corrected chi connectivity index (χ1v) is 9.86. The molecule has 3 atom stereocenters. The zero-order valence-corrected chi connectivity index (χ0v) is 16.4. The number of nitrogens with zero attached hydrogens (tertiary/aromatic N) is 1. The van der Waals surface area contributed by atoms with Gasteiger partial charge in [0.15, 0.2) is 0 Å². The molecule has 1 nitrogen and oxygen atoms in total. The Morgan fingerprint density at radius 2 is 1.64 bits per heavy atom. The van der Waals surface area contributed by atoms with E-state index in [1.807, 2.05) is 0 Å². The Morgan fingerprint density at radius 3 is 2.32 bits per heavy atom. The molecule has 0 amide bonds. The zero-order valence-electron chi connectivity index (χ0n) is 16.4. The largest absolute Gasteiger partial charge is 0.364 e. The highest BCUT2D eigenvalue weighted by Crippen LogP contribution is 2.54. The van der Waals surface area contributed by atoms with Gasteiger partial charge in [0.25, 0.3) is 0 Å². The van der Waals surface area contributed by atoms with E-state index in [1.165, 1.54) is 53.6 Å². The minimum absolute atomic E-state index is 0.317. The molecule has 0 aromatic heterocycles. The van der Waals surface area contributed by atoms with E-state index in [1.54, 1.807) is 5.56 Å². The highest BCUT2D eigenvalue weighted by Gasteiger charge is 2.53. The first-order valence-electron chi connectivity index (χ1n) is 9.86. The van der Waals surface area contributed by atoms with Gasteiger partial charge in [0.05, 0.1) is 0 Å². The molecule has 2 fully saturated rings. The molecular weight excluding hydrogens is 302 g/mol. The van der Waals surface area contributed by atoms with Gasteiger partial charge in [0.1, 0.15) is 0 Å². The molecule has 1 saturated heterocycles. The fraction of sp³-hybridized carbons (Fsp3) is 0.500. The topological polar surface area (TPSA) is 3.24 Å². The maximum atomic E-state index is 2.80. The molecule has 1 aliphatic carbocycles. The van der Waals surface area contributed by atoms with E-state index in [4.69, 9.17) is 0 Å². The molecule has 2 bridgehead atoms. The van der Waals surface area contributed by atoms with Gasteiger partial charge in [-0.3, -0.25) is 0 Å². The quantitative estimate of drug-likeness (QED) is 0.650. The Morgan fingerprint density at radius 1 is 0.960 bits per heavy atom. The summed E-state index contributed by atoms with van der Waals surface area (Å²) in [5.41, 5.74) is 9.14. The van der Waals surface area contributed by atoms with Gasteiger partial charge in [0, 0.05) is 23.2 Å². The fourth-order valence-electron chi connectivity index (χ4n) is 6.03. The van der Waals surface area contributed by atoms with Gasteiger partial charge in [-0.1, -0.05) is 48.4 Å². The van der Waals surface area contributed by atoms with Crippen molar-refractivity contribution in [3.05, 3.63) is 64.2 Å². The van der Waals surface area contributed by atoms with E-state index < -0.39 is 0 Å². The summed E-state index contributed by atoms with van der Waals surface area (Å²) in [5, 5.41) is 0. The summed E-state index contributed by atoms with van der Waals surface area (Å²) in [6.07, 6.45) is 5.33. The summed E-state index contributed by atoms with van der Waals surface area (Å²) in [7, 11) is 0. The summed E-state index contributed by atoms with van der Waals surface area (Å²) in [4.78, 5) is 2.80. The molecule has 132 valence electrons. The third-order valence-electron chi connectivity index (χ3n) is 6.95. The van der Waals surface area contributed by atoms with Gasteiger partial charge in [0.2, 0.25) is 0 Å². The molecule has 25 heavy (non-hydrogen) atoms. The molecule has 1 saturated carbocycles. The summed E-state index contributed by atoms with van der Waals surface area (Å²) < 4.78 is 0. The average molecular weight is 334 g/mol. The van der Waals surface area contributed by atoms with Crippen molar-refractivity contribution in [3.63, 3.8) is 0 Å². The van der Waals surface area contributed by atoms with Gasteiger partial charge in [-0.2, -0.15) is 0 Å². The number of anilines is 1. The molecule has 2 unspecified atom stereocenters. The van der Waals surface area contributed by atoms with Crippen molar-refractivity contribution < 1.29 is 0 Å². The summed E-state index contributed by atoms with van der Waals surface area (Å²) in [6, 6.07) is 15.1. The third kappa shape index (κ3) is 2.43. The van der Waals surface area contributed by atoms with Crippen LogP contribution in [0.15, 0.2) is 36.4 Å². The molecule has 0 spiro atoms. The number of fused-ring (bicyclic) bond motifs is 2. The van der Waals surface area contributed by atoms with Crippen molar-refractivity contribution >= 4 is 5.69 Å². The molecule has 1 heterocycles. The number of hydrogen-bond donors (Lipinski definition) is 0. The van der Waals surface area contributed by atoms with Crippen LogP contribution in [-0.2, 0) is 5.41 Å². The molecule has 0 radical (unpaired) electrons. The van der Waals surface area contributed by atoms with E-state index in [9.17, 15) is 0 Å². The Hall–Kier alpha value is -1.76. The number of rotatable bonds is 2. The SMILES string of the molecule is Cc1cc(C)c(N2C3CCCC(c4ccccc4C)(C3)[C@H]2C)c(C)c1. The van der Waals surface area contributed by atoms with Gasteiger partial charge in [-0.15, -0.1) is 0 Å². The predicted octanol–water partition coefficient (Wildman–Crippen LogP) is 6.01. The van der Waals surface area contributed by atoms with Gasteiger partial charge in [-0.25, -0.2) is 0 Å². The number of aryl methyl sites for hydroxylation is 4. The lowest BCUT2D eigenvalue weighted by molar-refractivity contribution is 0.319. The summed E-state index contributed by atoms with van der Waals surface area (Å²) in [6.45, 7) is 11.6. The van der Waals surface area contributed by atoms with Crippen LogP contribution in [0.2, 0.25) is 0 Å². The van der Waals surface area contributed by atoms with Crippen molar-refractivity contribution in [3.8, 4) is 0 Å². The second kappa shape index (κ2) is 5.90. The van der Waals surface area contributed by atoms with Crippen LogP contribution >= 0.6 is 0 Å². The smallest absolute Gasteiger partial charge is 0.0431 e. The van der Waals surface area contributed by atoms with Gasteiger partial charge in [-0.05, 0) is 76.1 Å². The van der Waals surface area contributed by atoms with Crippen LogP contribution in [0.4, 0.5) is 5.69 Å². The zero-order chi connectivity index (χ0) is 17.8. The van der Waals surface area contributed by atoms with Gasteiger partial charge >= 0.3 is 0 Å². The molecule has 2 aromatic carbocycles. The van der Waals surface area contributed by atoms with Crippen LogP contribution in [0.1, 0.15) is 60.4 Å². The lowest BCUT2D eigenvalue weighted by Gasteiger charge is -2.38. The first-order chi connectivity index (χ1) is 11.9. The Balaban J connectivity index is 1.85. The monoisotopic (exact) mass is 333 g/mol. The highest BCUT2D eigenvalue weighted by atomic mass is 15.2. The molecule has 4 rings (SSSR count). The molecule has 1 aliphatic heterocycles. The van der Waals surface area contributed by atoms with Crippen LogP contribution in [-0.4, -0.2) is 12.1 Å². The van der Waals surface area contributed by atoms with Crippen molar-refractivity contribution in [2.24, 2.45) is 0 Å². The average Bonchev–Trinajstić information content (AvgIpc) is 2.75. The highest BCUT2D eigenvalue weighted by molar-refractivity contribution is 5.64. The van der Waals surface area contributed by atoms with Crippen LogP contribution in [0.5, 0.6) is 0 Å². The molecule has 2 aromatic rings. The van der Waals surface area contributed by atoms with E-state index in [2.05, 4.69) is 75.9 Å². The van der Waals surface area contributed by atoms with Gasteiger partial charge < -0.3 is 4.90 Å². The van der Waals surface area contributed by atoms with Crippen LogP contribution < -0.4 is 4.90 Å². The second-order valence-corrected chi connectivity index (χ2v) is 8.55. The summed E-state index contributed by atoms with van der Waals surface area (Å²) >= 11 is 0. The number of benzene rings is 2. The van der Waals surface area contributed by atoms with Crippen LogP contribution in [0.25, 0.3) is 0 Å². The maximum absolute atomic E-state index is 2.80. The molecule has 1 heteroatoms. The Bertz CT molecular complexity index is 782. The van der Waals surface area contributed by atoms with Crippen LogP contribution in [0, 0.1) is 27.7 Å². The predicted molar refractivity (Wildman–Crippen MR) is 108 cm³/mol. The first kappa shape index (κ1) is 16.7. The minimum atomic E-state index is 0.317. The minimum Gasteiger partial charge on any atom is -0.364 e. The molecule has 0 N–H and O–H groups in total. The Kier molecular flexibility index (Phi) is 3.94. The lowest BCUT2D eigenvalue weighted by Crippen LogP contribution is -2.41. The normalized spacial score (nSPS) is 28.4. The van der Waals surface area contributed by atoms with Crippen molar-refractivity contribution in [1.29, 1.82) is 0 Å². The summed E-state index contributed by atoms with van der Waals surface area (Å²) in [5.74, 6) is 0.